The molecule has 7 aromatic rings. The number of fused-ring (bicyclic) bond motifs is 8. The second-order valence-electron chi connectivity index (χ2n) is 22.2. The summed E-state index contributed by atoms with van der Waals surface area (Å²) >= 11 is 0. The number of rotatable bonds is 14. The van der Waals surface area contributed by atoms with E-state index in [2.05, 4.69) is 87.2 Å². The molecule has 0 N–H and O–H groups in total. The SMILES string of the molecule is CCCCC[C@H]1CC[C@H](c2ccc(-c3ccc(C(=O)N4CCN(c5ccc6c(c5)-c5c(c7c(c8cc(C(F)(F)F)ccc58)OC(c5ccc(F)cc5)(c5ccc(OCCCC)cc5)C=C7)C6(C)C)CC4)cc3)cc2)CC1. The summed E-state index contributed by atoms with van der Waals surface area (Å²) in [6, 6.07) is 41.2. The van der Waals surface area contributed by atoms with Gasteiger partial charge in [0.05, 0.1) is 12.2 Å². The van der Waals surface area contributed by atoms with E-state index in [9.17, 15) is 22.4 Å². The predicted molar refractivity (Wildman–Crippen MR) is 299 cm³/mol. The highest BCUT2D eigenvalue weighted by Crippen LogP contribution is 2.59. The van der Waals surface area contributed by atoms with Crippen molar-refractivity contribution in [1.29, 1.82) is 0 Å². The molecule has 1 atom stereocenters. The van der Waals surface area contributed by atoms with Gasteiger partial charge in [-0.15, -0.1) is 0 Å². The molecule has 2 aliphatic heterocycles. The number of halogens is 4. The largest absolute Gasteiger partial charge is 0.494 e. The van der Waals surface area contributed by atoms with Crippen LogP contribution in [0, 0.1) is 11.7 Å². The van der Waals surface area contributed by atoms with Gasteiger partial charge in [0.2, 0.25) is 0 Å². The molecule has 76 heavy (non-hydrogen) atoms. The molecule has 9 heteroatoms. The van der Waals surface area contributed by atoms with Gasteiger partial charge < -0.3 is 19.3 Å². The minimum absolute atomic E-state index is 0.0121. The zero-order chi connectivity index (χ0) is 52.8. The number of unbranched alkanes of at least 4 members (excludes halogenated alkanes) is 3. The Morgan fingerprint density at radius 2 is 1.37 bits per heavy atom. The van der Waals surface area contributed by atoms with Gasteiger partial charge in [0.1, 0.15) is 17.3 Å². The lowest BCUT2D eigenvalue weighted by molar-refractivity contribution is -0.137. The van der Waals surface area contributed by atoms with Crippen LogP contribution in [0.3, 0.4) is 0 Å². The fourth-order valence-corrected chi connectivity index (χ4v) is 12.7. The van der Waals surface area contributed by atoms with E-state index in [-0.39, 0.29) is 5.91 Å². The molecular weight excluding hydrogens is 957 g/mol. The van der Waals surface area contributed by atoms with Crippen LogP contribution in [-0.2, 0) is 17.2 Å². The molecule has 0 aromatic heterocycles. The first-order valence-electron chi connectivity index (χ1n) is 27.7. The van der Waals surface area contributed by atoms with E-state index >= 15 is 0 Å². The fraction of sp³-hybridized carbons (Fsp3) is 0.358. The van der Waals surface area contributed by atoms with Crippen molar-refractivity contribution in [2.24, 2.45) is 5.92 Å². The van der Waals surface area contributed by atoms with Gasteiger partial charge in [-0.2, -0.15) is 13.2 Å². The minimum Gasteiger partial charge on any atom is -0.494 e. The average Bonchev–Trinajstić information content (AvgIpc) is 3.69. The van der Waals surface area contributed by atoms with Crippen LogP contribution in [0.4, 0.5) is 23.2 Å². The van der Waals surface area contributed by atoms with Crippen molar-refractivity contribution in [2.45, 2.75) is 115 Å². The number of nitrogens with zero attached hydrogens (tertiary/aromatic N) is 2. The van der Waals surface area contributed by atoms with E-state index in [0.717, 1.165) is 63.9 Å². The quantitative estimate of drug-likeness (QED) is 0.0804. The van der Waals surface area contributed by atoms with Crippen LogP contribution in [0.25, 0.3) is 39.1 Å². The lowest BCUT2D eigenvalue weighted by Crippen LogP contribution is -2.48. The zero-order valence-electron chi connectivity index (χ0n) is 44.2. The minimum atomic E-state index is -4.61. The van der Waals surface area contributed by atoms with Crippen LogP contribution in [0.5, 0.6) is 11.5 Å². The summed E-state index contributed by atoms with van der Waals surface area (Å²) in [6.07, 6.45) is 11.9. The van der Waals surface area contributed by atoms with Crippen molar-refractivity contribution >= 4 is 28.4 Å². The van der Waals surface area contributed by atoms with Gasteiger partial charge in [-0.1, -0.05) is 139 Å². The van der Waals surface area contributed by atoms with Gasteiger partial charge in [0.15, 0.2) is 5.60 Å². The Hall–Kier alpha value is -6.87. The summed E-state index contributed by atoms with van der Waals surface area (Å²) in [6.45, 7) is 11.6. The molecule has 4 aliphatic rings. The molecule has 7 aromatic carbocycles. The Bertz CT molecular complexity index is 3260. The molecule has 392 valence electrons. The summed E-state index contributed by atoms with van der Waals surface area (Å²) in [7, 11) is 0. The van der Waals surface area contributed by atoms with Crippen LogP contribution < -0.4 is 14.4 Å². The van der Waals surface area contributed by atoms with Gasteiger partial charge >= 0.3 is 6.18 Å². The Morgan fingerprint density at radius 1 is 0.711 bits per heavy atom. The third-order valence-electron chi connectivity index (χ3n) is 17.1. The van der Waals surface area contributed by atoms with Crippen molar-refractivity contribution in [2.75, 3.05) is 37.7 Å². The number of benzene rings is 7. The number of hydrogen-bond acceptors (Lipinski definition) is 4. The van der Waals surface area contributed by atoms with Crippen molar-refractivity contribution in [3.05, 3.63) is 190 Å². The first-order chi connectivity index (χ1) is 36.7. The number of carbonyl (C=O) groups is 1. The molecule has 1 saturated heterocycles. The molecule has 0 radical (unpaired) electrons. The number of alkyl halides is 3. The summed E-state index contributed by atoms with van der Waals surface area (Å²) in [5.74, 6) is 2.16. The molecule has 0 spiro atoms. The number of amides is 1. The second kappa shape index (κ2) is 20.9. The normalized spacial score (nSPS) is 19.7. The Balaban J connectivity index is 0.844. The summed E-state index contributed by atoms with van der Waals surface area (Å²) < 4.78 is 72.0. The van der Waals surface area contributed by atoms with Crippen molar-refractivity contribution < 1.29 is 31.8 Å². The number of anilines is 1. The van der Waals surface area contributed by atoms with E-state index in [1.165, 1.54) is 75.1 Å². The lowest BCUT2D eigenvalue weighted by atomic mass is 9.76. The standard InChI is InChI=1S/C67H68F4N2O3/c1-5-7-9-10-44-11-13-45(14-12-44)46-15-17-47(18-16-46)48-19-21-49(22-20-48)64(74)73-39-37-72(38-40-73)54-30-34-60-59(43-54)61-56-33-27-52(67(69,70)71)42-58(56)63-57(62(61)65(60,3)4)35-36-66(76-63,50-23-28-53(68)29-24-50)51-25-31-55(32-26-51)75-41-8-6-2/h15-36,42-45H,5-14,37-41H2,1-4H3/t44-,45-,66?. The highest BCUT2D eigenvalue weighted by atomic mass is 19.4. The van der Waals surface area contributed by atoms with Crippen LogP contribution in [-0.4, -0.2) is 43.6 Å². The second-order valence-corrected chi connectivity index (χ2v) is 22.2. The van der Waals surface area contributed by atoms with E-state index in [4.69, 9.17) is 9.47 Å². The molecular formula is C67H68F4N2O3. The van der Waals surface area contributed by atoms with Crippen LogP contribution in [0.1, 0.15) is 147 Å². The first kappa shape index (κ1) is 51.2. The maximum atomic E-state index is 14.7. The van der Waals surface area contributed by atoms with E-state index in [1.807, 2.05) is 53.5 Å². The smallest absolute Gasteiger partial charge is 0.416 e. The van der Waals surface area contributed by atoms with Crippen molar-refractivity contribution in [3.63, 3.8) is 0 Å². The van der Waals surface area contributed by atoms with Gasteiger partial charge in [0, 0.05) is 64.9 Å². The van der Waals surface area contributed by atoms with E-state index in [1.54, 1.807) is 18.2 Å². The Kier molecular flexibility index (Phi) is 14.1. The van der Waals surface area contributed by atoms with E-state index < -0.39 is 28.6 Å². The number of ether oxygens (including phenoxy) is 2. The Labute approximate surface area is 445 Å². The third-order valence-corrected chi connectivity index (χ3v) is 17.1. The number of hydrogen-bond donors (Lipinski definition) is 0. The molecule has 5 nitrogen and oxygen atoms in total. The molecule has 0 bridgehead atoms. The van der Waals surface area contributed by atoms with Gasteiger partial charge in [-0.3, -0.25) is 4.79 Å². The number of carbonyl (C=O) groups excluding carboxylic acids is 1. The van der Waals surface area contributed by atoms with E-state index in [0.29, 0.717) is 83.2 Å². The average molecular weight is 1030 g/mol. The van der Waals surface area contributed by atoms with Crippen LogP contribution in [0.15, 0.2) is 140 Å². The monoisotopic (exact) mass is 1020 g/mol. The third kappa shape index (κ3) is 9.68. The highest BCUT2D eigenvalue weighted by molar-refractivity contribution is 6.09. The summed E-state index contributed by atoms with van der Waals surface area (Å²) in [4.78, 5) is 18.2. The molecule has 1 saturated carbocycles. The molecule has 11 rings (SSSR count). The lowest BCUT2D eigenvalue weighted by Gasteiger charge is -2.38. The van der Waals surface area contributed by atoms with Gasteiger partial charge in [0.25, 0.3) is 5.91 Å². The molecule has 2 aliphatic carbocycles. The highest BCUT2D eigenvalue weighted by Gasteiger charge is 2.45. The summed E-state index contributed by atoms with van der Waals surface area (Å²) in [5.41, 5.74) is 8.61. The zero-order valence-corrected chi connectivity index (χ0v) is 44.2. The predicted octanol–water partition coefficient (Wildman–Crippen LogP) is 17.3. The van der Waals surface area contributed by atoms with Crippen LogP contribution in [0.2, 0.25) is 0 Å². The molecule has 2 fully saturated rings. The molecule has 1 unspecified atom stereocenters. The number of piperazine rings is 1. The Morgan fingerprint density at radius 3 is 2.03 bits per heavy atom. The molecule has 2 heterocycles. The van der Waals surface area contributed by atoms with Crippen LogP contribution >= 0.6 is 0 Å². The summed E-state index contributed by atoms with van der Waals surface area (Å²) in [5, 5.41) is 0.990. The molecule has 1 amide bonds. The maximum Gasteiger partial charge on any atom is 0.416 e. The fourth-order valence-electron chi connectivity index (χ4n) is 12.7. The first-order valence-corrected chi connectivity index (χ1v) is 27.7. The van der Waals surface area contributed by atoms with Gasteiger partial charge in [-0.05, 0) is 155 Å². The topological polar surface area (TPSA) is 42.0 Å². The van der Waals surface area contributed by atoms with Gasteiger partial charge in [-0.25, -0.2) is 4.39 Å². The van der Waals surface area contributed by atoms with Crippen molar-refractivity contribution in [1.82, 2.24) is 4.90 Å². The maximum absolute atomic E-state index is 14.7. The van der Waals surface area contributed by atoms with Crippen molar-refractivity contribution in [3.8, 4) is 33.8 Å².